The Hall–Kier alpha value is -2.37. The third-order valence-electron chi connectivity index (χ3n) is 4.69. The van der Waals surface area contributed by atoms with E-state index < -0.39 is 0 Å². The first-order chi connectivity index (χ1) is 12.7. The Morgan fingerprint density at radius 1 is 1.19 bits per heavy atom. The second kappa shape index (κ2) is 8.34. The number of rotatable bonds is 7. The van der Waals surface area contributed by atoms with Crippen molar-refractivity contribution in [3.05, 3.63) is 64.8 Å². The molecule has 0 fully saturated rings. The van der Waals surface area contributed by atoms with Gasteiger partial charge in [-0.05, 0) is 30.8 Å². The monoisotopic (exact) mass is 370 g/mol. The Labute approximate surface area is 158 Å². The summed E-state index contributed by atoms with van der Waals surface area (Å²) in [4.78, 5) is 15.1. The molecule has 0 radical (unpaired) electrons. The Kier molecular flexibility index (Phi) is 5.91. The highest BCUT2D eigenvalue weighted by Crippen LogP contribution is 2.27. The lowest BCUT2D eigenvalue weighted by Gasteiger charge is -2.31. The summed E-state index contributed by atoms with van der Waals surface area (Å²) in [6, 6.07) is 13.4. The minimum atomic E-state index is -0.121. The van der Waals surface area contributed by atoms with Gasteiger partial charge < -0.3 is 5.32 Å². The lowest BCUT2D eigenvalue weighted by molar-refractivity contribution is 0.0936. The summed E-state index contributed by atoms with van der Waals surface area (Å²) < 4.78 is 0. The Bertz CT molecular complexity index is 888. The predicted molar refractivity (Wildman–Crippen MR) is 106 cm³/mol. The summed E-state index contributed by atoms with van der Waals surface area (Å²) in [5, 5.41) is 11.6. The van der Waals surface area contributed by atoms with Crippen molar-refractivity contribution in [3.63, 3.8) is 0 Å². The van der Waals surface area contributed by atoms with Crippen LogP contribution in [0.3, 0.4) is 0 Å². The van der Waals surface area contributed by atoms with E-state index in [9.17, 15) is 4.79 Å². The van der Waals surface area contributed by atoms with Gasteiger partial charge in [0, 0.05) is 17.0 Å². The van der Waals surface area contributed by atoms with E-state index in [2.05, 4.69) is 34.3 Å². The standard InChI is InChI=1S/C20H23ClN4O/c1-3-25(4-2)18(15-9-5-6-11-17(15)21)13-22-20(26)16-10-7-8-14-12-23-24-19(14)16/h5-12,18H,3-4,13H2,1-2H3,(H,22,26)(H,23,24)/t18-/m0/s1. The maximum absolute atomic E-state index is 12.8. The smallest absolute Gasteiger partial charge is 0.253 e. The van der Waals surface area contributed by atoms with Gasteiger partial charge in [-0.2, -0.15) is 5.10 Å². The number of nitrogens with one attached hydrogen (secondary N) is 2. The molecule has 0 unspecified atom stereocenters. The van der Waals surface area contributed by atoms with Crippen molar-refractivity contribution >= 4 is 28.4 Å². The molecule has 0 bridgehead atoms. The van der Waals surface area contributed by atoms with Gasteiger partial charge in [-0.25, -0.2) is 0 Å². The summed E-state index contributed by atoms with van der Waals surface area (Å²) >= 11 is 6.42. The van der Waals surface area contributed by atoms with Crippen LogP contribution in [-0.4, -0.2) is 40.6 Å². The second-order valence-corrected chi connectivity index (χ2v) is 6.52. The van der Waals surface area contributed by atoms with Crippen LogP contribution in [0.2, 0.25) is 5.02 Å². The average Bonchev–Trinajstić information content (AvgIpc) is 3.14. The number of nitrogens with zero attached hydrogens (tertiary/aromatic N) is 2. The number of carbonyl (C=O) groups is 1. The van der Waals surface area contributed by atoms with Gasteiger partial charge in [-0.15, -0.1) is 0 Å². The van der Waals surface area contributed by atoms with Gasteiger partial charge in [-0.1, -0.05) is 55.8 Å². The molecule has 2 N–H and O–H groups in total. The first-order valence-corrected chi connectivity index (χ1v) is 9.22. The Balaban J connectivity index is 1.82. The molecular weight excluding hydrogens is 348 g/mol. The number of para-hydroxylation sites is 1. The maximum atomic E-state index is 12.8. The summed E-state index contributed by atoms with van der Waals surface area (Å²) in [7, 11) is 0. The van der Waals surface area contributed by atoms with Crippen LogP contribution >= 0.6 is 11.6 Å². The van der Waals surface area contributed by atoms with Gasteiger partial charge >= 0.3 is 0 Å². The van der Waals surface area contributed by atoms with Gasteiger partial charge in [-0.3, -0.25) is 14.8 Å². The van der Waals surface area contributed by atoms with Crippen molar-refractivity contribution in [2.75, 3.05) is 19.6 Å². The predicted octanol–water partition coefficient (Wildman–Crippen LogP) is 4.03. The van der Waals surface area contributed by atoms with Gasteiger partial charge in [0.25, 0.3) is 5.91 Å². The number of aromatic amines is 1. The van der Waals surface area contributed by atoms with Crippen molar-refractivity contribution < 1.29 is 4.79 Å². The van der Waals surface area contributed by atoms with Crippen LogP contribution in [0.5, 0.6) is 0 Å². The van der Waals surface area contributed by atoms with E-state index in [-0.39, 0.29) is 11.9 Å². The lowest BCUT2D eigenvalue weighted by atomic mass is 10.0. The molecule has 26 heavy (non-hydrogen) atoms. The molecule has 136 valence electrons. The number of halogens is 1. The number of carbonyl (C=O) groups excluding carboxylic acids is 1. The van der Waals surface area contributed by atoms with Crippen molar-refractivity contribution in [2.45, 2.75) is 19.9 Å². The molecule has 3 rings (SSSR count). The molecule has 0 spiro atoms. The van der Waals surface area contributed by atoms with Crippen molar-refractivity contribution in [2.24, 2.45) is 0 Å². The van der Waals surface area contributed by atoms with Gasteiger partial charge in [0.1, 0.15) is 0 Å². The second-order valence-electron chi connectivity index (χ2n) is 6.11. The van der Waals surface area contributed by atoms with E-state index in [4.69, 9.17) is 11.6 Å². The first kappa shape index (κ1) is 18.4. The maximum Gasteiger partial charge on any atom is 0.253 e. The van der Waals surface area contributed by atoms with Crippen molar-refractivity contribution in [3.8, 4) is 0 Å². The zero-order valence-electron chi connectivity index (χ0n) is 15.0. The highest BCUT2D eigenvalue weighted by atomic mass is 35.5. The number of fused-ring (bicyclic) bond motifs is 1. The van der Waals surface area contributed by atoms with Crippen LogP contribution in [0.4, 0.5) is 0 Å². The SMILES string of the molecule is CCN(CC)[C@@H](CNC(=O)c1cccc2cn[nH]c12)c1ccccc1Cl. The molecule has 1 atom stereocenters. The summed E-state index contributed by atoms with van der Waals surface area (Å²) in [6.45, 7) is 6.45. The molecule has 0 saturated heterocycles. The molecule has 6 heteroatoms. The topological polar surface area (TPSA) is 61.0 Å². The number of benzene rings is 2. The minimum absolute atomic E-state index is 0.0172. The van der Waals surface area contributed by atoms with E-state index in [0.717, 1.165) is 29.6 Å². The van der Waals surface area contributed by atoms with Crippen LogP contribution in [0.15, 0.2) is 48.7 Å². The van der Waals surface area contributed by atoms with Crippen LogP contribution < -0.4 is 5.32 Å². The van der Waals surface area contributed by atoms with Crippen LogP contribution in [0.25, 0.3) is 10.9 Å². The molecule has 0 aliphatic carbocycles. The molecule has 1 amide bonds. The third kappa shape index (κ3) is 3.74. The molecular formula is C20H23ClN4O. The zero-order valence-corrected chi connectivity index (χ0v) is 15.8. The average molecular weight is 371 g/mol. The van der Waals surface area contributed by atoms with Crippen molar-refractivity contribution in [1.82, 2.24) is 20.4 Å². The van der Waals surface area contributed by atoms with Crippen LogP contribution in [0.1, 0.15) is 35.8 Å². The number of amides is 1. The Morgan fingerprint density at radius 2 is 1.96 bits per heavy atom. The number of likely N-dealkylation sites (N-methyl/N-ethyl adjacent to an activating group) is 1. The van der Waals surface area contributed by atoms with E-state index >= 15 is 0 Å². The van der Waals surface area contributed by atoms with E-state index in [1.165, 1.54) is 0 Å². The zero-order chi connectivity index (χ0) is 18.5. The fourth-order valence-corrected chi connectivity index (χ4v) is 3.55. The summed E-state index contributed by atoms with van der Waals surface area (Å²) in [6.07, 6.45) is 1.72. The molecule has 0 aliphatic rings. The van der Waals surface area contributed by atoms with E-state index in [1.54, 1.807) is 12.3 Å². The lowest BCUT2D eigenvalue weighted by Crippen LogP contribution is -2.38. The normalized spacial score (nSPS) is 12.5. The summed E-state index contributed by atoms with van der Waals surface area (Å²) in [5.41, 5.74) is 2.37. The highest BCUT2D eigenvalue weighted by Gasteiger charge is 2.22. The molecule has 5 nitrogen and oxygen atoms in total. The van der Waals surface area contributed by atoms with E-state index in [0.29, 0.717) is 17.1 Å². The van der Waals surface area contributed by atoms with Crippen LogP contribution in [0, 0.1) is 0 Å². The largest absolute Gasteiger partial charge is 0.350 e. The molecule has 3 aromatic rings. The Morgan fingerprint density at radius 3 is 2.69 bits per heavy atom. The quantitative estimate of drug-likeness (QED) is 0.660. The van der Waals surface area contributed by atoms with Crippen molar-refractivity contribution in [1.29, 1.82) is 0 Å². The summed E-state index contributed by atoms with van der Waals surface area (Å²) in [5.74, 6) is -0.121. The minimum Gasteiger partial charge on any atom is -0.350 e. The number of H-pyrrole nitrogens is 1. The molecule has 0 saturated carbocycles. The van der Waals surface area contributed by atoms with Gasteiger partial charge in [0.05, 0.1) is 23.3 Å². The number of hydrogen-bond donors (Lipinski definition) is 2. The fourth-order valence-electron chi connectivity index (χ4n) is 3.29. The van der Waals surface area contributed by atoms with Gasteiger partial charge in [0.2, 0.25) is 0 Å². The highest BCUT2D eigenvalue weighted by molar-refractivity contribution is 6.31. The van der Waals surface area contributed by atoms with Crippen LogP contribution in [-0.2, 0) is 0 Å². The first-order valence-electron chi connectivity index (χ1n) is 8.84. The number of aromatic nitrogens is 2. The van der Waals surface area contributed by atoms with Gasteiger partial charge in [0.15, 0.2) is 0 Å². The molecule has 1 aromatic heterocycles. The fraction of sp³-hybridized carbons (Fsp3) is 0.300. The number of hydrogen-bond acceptors (Lipinski definition) is 3. The van der Waals surface area contributed by atoms with E-state index in [1.807, 2.05) is 36.4 Å². The molecule has 0 aliphatic heterocycles. The molecule has 2 aromatic carbocycles. The third-order valence-corrected chi connectivity index (χ3v) is 5.04. The molecule has 1 heterocycles.